The molecule has 2 rings (SSSR count). The van der Waals surface area contributed by atoms with Crippen molar-refractivity contribution >= 4 is 0 Å². The molecule has 0 radical (unpaired) electrons. The fourth-order valence-electron chi connectivity index (χ4n) is 5.05. The maximum atomic E-state index is 2.62. The zero-order valence-corrected chi connectivity index (χ0v) is 15.9. The molecule has 2 aliphatic rings. The minimum atomic E-state index is 0.402. The molecule has 0 aromatic rings. The van der Waals surface area contributed by atoms with E-state index in [9.17, 15) is 0 Å². The molecule has 0 aromatic heterocycles. The van der Waals surface area contributed by atoms with Crippen LogP contribution in [0.3, 0.4) is 0 Å². The van der Waals surface area contributed by atoms with Gasteiger partial charge in [0.15, 0.2) is 0 Å². The standard InChI is InChI=1S/C22H38/c1-20(2,3)16-18-12-8-9-13-19(18)22(17-21(4,5)6)14-10-7-11-15-22/h9-10,13-14,18-19H,7-8,11-12,15-17H2,1-6H3. The Morgan fingerprint density at radius 2 is 1.68 bits per heavy atom. The van der Waals surface area contributed by atoms with Gasteiger partial charge in [0.1, 0.15) is 0 Å². The minimum Gasteiger partial charge on any atom is -0.0882 e. The van der Waals surface area contributed by atoms with Gasteiger partial charge in [0.25, 0.3) is 0 Å². The van der Waals surface area contributed by atoms with Gasteiger partial charge in [-0.25, -0.2) is 0 Å². The van der Waals surface area contributed by atoms with Crippen LogP contribution in [0.5, 0.6) is 0 Å². The Bertz CT molecular complexity index is 412. The fraction of sp³-hybridized carbons (Fsp3) is 0.818. The van der Waals surface area contributed by atoms with E-state index in [0.29, 0.717) is 16.2 Å². The summed E-state index contributed by atoms with van der Waals surface area (Å²) in [6.07, 6.45) is 19.6. The lowest BCUT2D eigenvalue weighted by Crippen LogP contribution is -2.39. The van der Waals surface area contributed by atoms with E-state index in [1.807, 2.05) is 0 Å². The van der Waals surface area contributed by atoms with Crippen LogP contribution in [0.15, 0.2) is 24.3 Å². The van der Waals surface area contributed by atoms with Crippen LogP contribution in [0, 0.1) is 28.1 Å². The van der Waals surface area contributed by atoms with Crippen molar-refractivity contribution in [1.29, 1.82) is 0 Å². The topological polar surface area (TPSA) is 0 Å². The van der Waals surface area contributed by atoms with Gasteiger partial charge in [-0.3, -0.25) is 0 Å². The van der Waals surface area contributed by atoms with Crippen molar-refractivity contribution in [3.05, 3.63) is 24.3 Å². The van der Waals surface area contributed by atoms with Crippen LogP contribution in [-0.2, 0) is 0 Å². The molecule has 2 aliphatic carbocycles. The van der Waals surface area contributed by atoms with Gasteiger partial charge >= 0.3 is 0 Å². The van der Waals surface area contributed by atoms with E-state index in [0.717, 1.165) is 11.8 Å². The highest BCUT2D eigenvalue weighted by Crippen LogP contribution is 2.53. The average molecular weight is 303 g/mol. The Balaban J connectivity index is 2.31. The van der Waals surface area contributed by atoms with E-state index in [1.54, 1.807) is 0 Å². The average Bonchev–Trinajstić information content (AvgIpc) is 2.36. The van der Waals surface area contributed by atoms with Crippen LogP contribution in [0.2, 0.25) is 0 Å². The molecular formula is C22H38. The van der Waals surface area contributed by atoms with Crippen LogP contribution in [0.1, 0.15) is 86.5 Å². The second-order valence-corrected chi connectivity index (χ2v) is 10.3. The molecule has 0 spiro atoms. The SMILES string of the molecule is CC(C)(C)CC1CCC=CC1C1(CC(C)(C)C)C=CCCC1. The van der Waals surface area contributed by atoms with E-state index in [1.165, 1.54) is 44.9 Å². The maximum absolute atomic E-state index is 2.62. The molecule has 126 valence electrons. The third-order valence-electron chi connectivity index (χ3n) is 5.42. The summed E-state index contributed by atoms with van der Waals surface area (Å²) in [6.45, 7) is 14.5. The zero-order valence-electron chi connectivity index (χ0n) is 15.9. The molecule has 3 unspecified atom stereocenters. The summed E-state index contributed by atoms with van der Waals surface area (Å²) in [6, 6.07) is 0. The van der Waals surface area contributed by atoms with Gasteiger partial charge in [0.2, 0.25) is 0 Å². The van der Waals surface area contributed by atoms with Gasteiger partial charge in [-0.2, -0.15) is 0 Å². The van der Waals surface area contributed by atoms with E-state index in [2.05, 4.69) is 65.8 Å². The fourth-order valence-corrected chi connectivity index (χ4v) is 5.05. The van der Waals surface area contributed by atoms with Crippen LogP contribution in [0.25, 0.3) is 0 Å². The first-order chi connectivity index (χ1) is 10.1. The summed E-state index contributed by atoms with van der Waals surface area (Å²) < 4.78 is 0. The summed E-state index contributed by atoms with van der Waals surface area (Å²) in [5.41, 5.74) is 1.25. The monoisotopic (exact) mass is 302 g/mol. The Hall–Kier alpha value is -0.520. The van der Waals surface area contributed by atoms with E-state index < -0.39 is 0 Å². The van der Waals surface area contributed by atoms with Crippen LogP contribution >= 0.6 is 0 Å². The second-order valence-electron chi connectivity index (χ2n) is 10.3. The van der Waals surface area contributed by atoms with Crippen molar-refractivity contribution < 1.29 is 0 Å². The summed E-state index contributed by atoms with van der Waals surface area (Å²) in [7, 11) is 0. The Labute approximate surface area is 139 Å². The van der Waals surface area contributed by atoms with Gasteiger partial charge < -0.3 is 0 Å². The van der Waals surface area contributed by atoms with Crippen molar-refractivity contribution in [2.24, 2.45) is 28.1 Å². The van der Waals surface area contributed by atoms with E-state index in [-0.39, 0.29) is 0 Å². The van der Waals surface area contributed by atoms with Gasteiger partial charge in [-0.15, -0.1) is 0 Å². The number of hydrogen-bond donors (Lipinski definition) is 0. The quantitative estimate of drug-likeness (QED) is 0.485. The summed E-state index contributed by atoms with van der Waals surface area (Å²) >= 11 is 0. The molecule has 0 aliphatic heterocycles. The number of allylic oxidation sites excluding steroid dienone is 4. The Morgan fingerprint density at radius 1 is 0.955 bits per heavy atom. The first-order valence-electron chi connectivity index (χ1n) is 9.46. The largest absolute Gasteiger partial charge is 0.0882 e. The molecule has 0 bridgehead atoms. The lowest BCUT2D eigenvalue weighted by atomic mass is 9.56. The third-order valence-corrected chi connectivity index (χ3v) is 5.42. The number of rotatable bonds is 3. The predicted molar refractivity (Wildman–Crippen MR) is 98.9 cm³/mol. The molecule has 0 heterocycles. The molecule has 0 aromatic carbocycles. The molecule has 3 atom stereocenters. The maximum Gasteiger partial charge on any atom is -0.00478 e. The van der Waals surface area contributed by atoms with Crippen LogP contribution in [-0.4, -0.2) is 0 Å². The van der Waals surface area contributed by atoms with Crippen LogP contribution < -0.4 is 0 Å². The molecule has 22 heavy (non-hydrogen) atoms. The molecule has 0 saturated heterocycles. The summed E-state index contributed by atoms with van der Waals surface area (Å²) in [4.78, 5) is 0. The zero-order chi connectivity index (χ0) is 16.4. The van der Waals surface area contributed by atoms with Crippen molar-refractivity contribution in [3.63, 3.8) is 0 Å². The first-order valence-corrected chi connectivity index (χ1v) is 9.46. The number of hydrogen-bond acceptors (Lipinski definition) is 0. The highest BCUT2D eigenvalue weighted by molar-refractivity contribution is 5.15. The summed E-state index contributed by atoms with van der Waals surface area (Å²) in [5.74, 6) is 1.60. The van der Waals surface area contributed by atoms with Crippen molar-refractivity contribution in [2.45, 2.75) is 86.5 Å². The van der Waals surface area contributed by atoms with Crippen molar-refractivity contribution in [2.75, 3.05) is 0 Å². The highest BCUT2D eigenvalue weighted by atomic mass is 14.5. The normalized spacial score (nSPS) is 33.2. The Kier molecular flexibility index (Phi) is 5.30. The van der Waals surface area contributed by atoms with Gasteiger partial charge in [-0.05, 0) is 73.0 Å². The molecule has 0 saturated carbocycles. The Morgan fingerprint density at radius 3 is 2.23 bits per heavy atom. The van der Waals surface area contributed by atoms with Crippen LogP contribution in [0.4, 0.5) is 0 Å². The predicted octanol–water partition coefficient (Wildman–Crippen LogP) is 7.17. The highest BCUT2D eigenvalue weighted by Gasteiger charge is 2.43. The first kappa shape index (κ1) is 17.8. The van der Waals surface area contributed by atoms with Gasteiger partial charge in [0.05, 0.1) is 0 Å². The lowest BCUT2D eigenvalue weighted by Gasteiger charge is -2.48. The van der Waals surface area contributed by atoms with E-state index >= 15 is 0 Å². The third kappa shape index (κ3) is 4.74. The molecule has 0 N–H and O–H groups in total. The van der Waals surface area contributed by atoms with E-state index in [4.69, 9.17) is 0 Å². The molecule has 0 amide bonds. The van der Waals surface area contributed by atoms with Gasteiger partial charge in [0, 0.05) is 0 Å². The van der Waals surface area contributed by atoms with Crippen molar-refractivity contribution in [1.82, 2.24) is 0 Å². The molecule has 0 fully saturated rings. The van der Waals surface area contributed by atoms with Gasteiger partial charge in [-0.1, -0.05) is 65.8 Å². The molecule has 0 heteroatoms. The molecular weight excluding hydrogens is 264 g/mol. The second kappa shape index (κ2) is 6.54. The smallest absolute Gasteiger partial charge is 0.00478 e. The lowest BCUT2D eigenvalue weighted by molar-refractivity contribution is 0.0822. The molecule has 0 nitrogen and oxygen atoms in total. The van der Waals surface area contributed by atoms with Crippen molar-refractivity contribution in [3.8, 4) is 0 Å². The summed E-state index contributed by atoms with van der Waals surface area (Å²) in [5, 5.41) is 0. The minimum absolute atomic E-state index is 0.402.